The van der Waals surface area contributed by atoms with Crippen molar-refractivity contribution in [3.05, 3.63) is 41.5 Å². The lowest BCUT2D eigenvalue weighted by Crippen LogP contribution is -2.57. The van der Waals surface area contributed by atoms with Crippen LogP contribution in [0.2, 0.25) is 0 Å². The summed E-state index contributed by atoms with van der Waals surface area (Å²) < 4.78 is 5.22. The maximum absolute atomic E-state index is 12.5. The Morgan fingerprint density at radius 3 is 2.51 bits per heavy atom. The molecule has 7 atom stereocenters. The van der Waals surface area contributed by atoms with Gasteiger partial charge < -0.3 is 14.7 Å². The molecule has 212 valence electrons. The molecule has 7 heteroatoms. The summed E-state index contributed by atoms with van der Waals surface area (Å²) >= 11 is 0. The second-order valence-corrected chi connectivity index (χ2v) is 13.0. The number of Topliss-reactive ketones (excluding diaryl/α,β-unsaturated/α-hetero) is 1. The lowest BCUT2D eigenvalue weighted by molar-refractivity contribution is -0.160. The van der Waals surface area contributed by atoms with Crippen LogP contribution in [0, 0.1) is 41.4 Å². The van der Waals surface area contributed by atoms with Crippen molar-refractivity contribution in [2.75, 3.05) is 18.5 Å². The molecule has 0 bridgehead atoms. The number of rotatable bonds is 6. The fourth-order valence-electron chi connectivity index (χ4n) is 8.75. The molecule has 39 heavy (non-hydrogen) atoms. The van der Waals surface area contributed by atoms with E-state index in [2.05, 4.69) is 37.3 Å². The number of carbonyl (C=O) groups is 2. The van der Waals surface area contributed by atoms with Crippen molar-refractivity contribution in [1.82, 2.24) is 0 Å². The molecule has 0 spiro atoms. The van der Waals surface area contributed by atoms with Gasteiger partial charge in [-0.05, 0) is 106 Å². The number of anilines is 1. The maximum atomic E-state index is 12.5. The topological polar surface area (TPSA) is 97.2 Å². The molecule has 0 aromatic heterocycles. The van der Waals surface area contributed by atoms with Gasteiger partial charge in [-0.2, -0.15) is 0 Å². The lowest BCUT2D eigenvalue weighted by Gasteiger charge is -2.60. The van der Waals surface area contributed by atoms with Crippen LogP contribution in [-0.4, -0.2) is 41.5 Å². The van der Waals surface area contributed by atoms with Crippen LogP contribution in [0.3, 0.4) is 0 Å². The quantitative estimate of drug-likeness (QED) is 0.322. The van der Waals surface area contributed by atoms with E-state index in [1.54, 1.807) is 6.92 Å². The molecule has 3 saturated carbocycles. The van der Waals surface area contributed by atoms with Crippen molar-refractivity contribution in [3.8, 4) is 0 Å². The predicted molar refractivity (Wildman–Crippen MR) is 151 cm³/mol. The molecule has 1 aromatic carbocycles. The van der Waals surface area contributed by atoms with Crippen LogP contribution in [0.1, 0.15) is 78.2 Å². The summed E-state index contributed by atoms with van der Waals surface area (Å²) in [6.45, 7) is 10.8. The van der Waals surface area contributed by atoms with Gasteiger partial charge in [0, 0.05) is 11.1 Å². The third-order valence-corrected chi connectivity index (χ3v) is 10.9. The van der Waals surface area contributed by atoms with E-state index in [-0.39, 0.29) is 29.8 Å². The Kier molecular flexibility index (Phi) is 7.42. The van der Waals surface area contributed by atoms with Gasteiger partial charge in [0.15, 0.2) is 12.4 Å². The van der Waals surface area contributed by atoms with Crippen LogP contribution < -0.4 is 5.32 Å². The Hall–Kier alpha value is -2.67. The highest BCUT2D eigenvalue weighted by Crippen LogP contribution is 2.68. The maximum Gasteiger partial charge on any atom is 0.411 e. The smallest absolute Gasteiger partial charge is 0.411 e. The number of fused-ring (bicyclic) bond motifs is 5. The Balaban J connectivity index is 1.19. The number of nitrogens with zero attached hydrogens (tertiary/aromatic N) is 1. The SMILES string of the molecule is CC(=O)[C@@]1(O)CC[C@H]2[C@@H]3C[C@H](C)C4=C/C(=N\OCCOC(=O)Nc5ccc(C)cc5)CC[C@]4(C)[C@H]3CC[C@@]21C. The van der Waals surface area contributed by atoms with E-state index >= 15 is 0 Å². The van der Waals surface area contributed by atoms with E-state index in [1.807, 2.05) is 31.2 Å². The summed E-state index contributed by atoms with van der Waals surface area (Å²) in [6, 6.07) is 7.53. The summed E-state index contributed by atoms with van der Waals surface area (Å²) in [4.78, 5) is 30.1. The summed E-state index contributed by atoms with van der Waals surface area (Å²) in [7, 11) is 0. The number of nitrogens with one attached hydrogen (secondary N) is 1. The molecule has 0 heterocycles. The van der Waals surface area contributed by atoms with Crippen LogP contribution >= 0.6 is 0 Å². The van der Waals surface area contributed by atoms with Gasteiger partial charge in [0.05, 0.1) is 5.71 Å². The summed E-state index contributed by atoms with van der Waals surface area (Å²) in [6.07, 6.45) is 8.23. The van der Waals surface area contributed by atoms with Crippen LogP contribution in [-0.2, 0) is 14.4 Å². The molecule has 0 unspecified atom stereocenters. The number of carbonyl (C=O) groups excluding carboxylic acids is 2. The molecule has 0 saturated heterocycles. The Morgan fingerprint density at radius 1 is 1.08 bits per heavy atom. The average Bonchev–Trinajstić information content (AvgIpc) is 3.18. The van der Waals surface area contributed by atoms with Gasteiger partial charge >= 0.3 is 6.09 Å². The second-order valence-electron chi connectivity index (χ2n) is 13.0. The van der Waals surface area contributed by atoms with E-state index in [0.717, 1.165) is 49.8 Å². The minimum Gasteiger partial charge on any atom is -0.446 e. The van der Waals surface area contributed by atoms with Crippen LogP contribution in [0.15, 0.2) is 41.1 Å². The number of benzene rings is 1. The first kappa shape index (κ1) is 27.9. The molecule has 0 radical (unpaired) electrons. The van der Waals surface area contributed by atoms with Crippen molar-refractivity contribution >= 4 is 23.3 Å². The van der Waals surface area contributed by atoms with E-state index in [1.165, 1.54) is 5.57 Å². The molecule has 4 aliphatic carbocycles. The third kappa shape index (κ3) is 4.81. The summed E-state index contributed by atoms with van der Waals surface area (Å²) in [5, 5.41) is 18.5. The molecule has 3 fully saturated rings. The zero-order valence-corrected chi connectivity index (χ0v) is 24.1. The molecule has 4 aliphatic rings. The molecule has 0 aliphatic heterocycles. The van der Waals surface area contributed by atoms with Gasteiger partial charge in [0.25, 0.3) is 0 Å². The largest absolute Gasteiger partial charge is 0.446 e. The Morgan fingerprint density at radius 2 is 1.79 bits per heavy atom. The van der Waals surface area contributed by atoms with Crippen molar-refractivity contribution < 1.29 is 24.3 Å². The van der Waals surface area contributed by atoms with Gasteiger partial charge in [-0.15, -0.1) is 0 Å². The lowest BCUT2D eigenvalue weighted by atomic mass is 9.44. The van der Waals surface area contributed by atoms with E-state index in [0.29, 0.717) is 35.8 Å². The average molecular weight is 537 g/mol. The molecule has 1 aromatic rings. The first-order valence-electron chi connectivity index (χ1n) is 14.6. The highest BCUT2D eigenvalue weighted by atomic mass is 16.6. The molecule has 5 rings (SSSR count). The zero-order valence-electron chi connectivity index (χ0n) is 24.1. The van der Waals surface area contributed by atoms with Crippen LogP contribution in [0.25, 0.3) is 0 Å². The first-order chi connectivity index (χ1) is 18.5. The summed E-state index contributed by atoms with van der Waals surface area (Å²) in [5.41, 5.74) is 2.86. The fourth-order valence-corrected chi connectivity index (χ4v) is 8.75. The molecular formula is C32H44N2O5. The minimum absolute atomic E-state index is 0.0579. The Bertz CT molecular complexity index is 1180. The molecule has 2 N–H and O–H groups in total. The zero-order chi connectivity index (χ0) is 28.0. The van der Waals surface area contributed by atoms with E-state index in [4.69, 9.17) is 9.57 Å². The van der Waals surface area contributed by atoms with Gasteiger partial charge in [-0.3, -0.25) is 10.1 Å². The van der Waals surface area contributed by atoms with Crippen LogP contribution in [0.4, 0.5) is 10.5 Å². The van der Waals surface area contributed by atoms with Crippen molar-refractivity contribution in [1.29, 1.82) is 0 Å². The number of aryl methyl sites for hydroxylation is 1. The van der Waals surface area contributed by atoms with E-state index < -0.39 is 11.7 Å². The van der Waals surface area contributed by atoms with E-state index in [9.17, 15) is 14.7 Å². The number of oxime groups is 1. The number of aliphatic hydroxyl groups is 1. The number of hydrogen-bond donors (Lipinski definition) is 2. The number of allylic oxidation sites excluding steroid dienone is 2. The van der Waals surface area contributed by atoms with Crippen molar-refractivity contribution in [3.63, 3.8) is 0 Å². The minimum atomic E-state index is -1.17. The highest BCUT2D eigenvalue weighted by molar-refractivity contribution is 5.96. The number of ketones is 1. The fraction of sp³-hybridized carbons (Fsp3) is 0.656. The first-order valence-corrected chi connectivity index (χ1v) is 14.6. The molecule has 1 amide bonds. The standard InChI is InChI=1S/C32H44N2O5/c1-20-6-8-23(9-7-20)33-29(36)38-16-17-39-34-24-10-13-30(4)26-11-14-31(5)27(12-15-32(31,37)22(3)35)25(26)18-21(2)28(30)19-24/h6-9,19,21,25-27,37H,10-18H2,1-5H3,(H,33,36)/b34-24-/t21-,25+,26-,27-,30+,31-,32-/m0/s1. The van der Waals surface area contributed by atoms with Crippen molar-refractivity contribution in [2.45, 2.75) is 85.2 Å². The van der Waals surface area contributed by atoms with Crippen molar-refractivity contribution in [2.24, 2.45) is 39.7 Å². The third-order valence-electron chi connectivity index (χ3n) is 10.9. The summed E-state index contributed by atoms with van der Waals surface area (Å²) in [5.74, 6) is 1.86. The highest BCUT2D eigenvalue weighted by Gasteiger charge is 2.66. The number of hydrogen-bond acceptors (Lipinski definition) is 6. The molecular weight excluding hydrogens is 492 g/mol. The number of ether oxygens (including phenoxy) is 1. The van der Waals surface area contributed by atoms with Gasteiger partial charge in [0.1, 0.15) is 12.2 Å². The van der Waals surface area contributed by atoms with Gasteiger partial charge in [0.2, 0.25) is 0 Å². The van der Waals surface area contributed by atoms with Crippen LogP contribution in [0.5, 0.6) is 0 Å². The normalized spacial score (nSPS) is 38.2. The van der Waals surface area contributed by atoms with Gasteiger partial charge in [-0.1, -0.05) is 49.2 Å². The Labute approximate surface area is 232 Å². The second kappa shape index (κ2) is 10.4. The monoisotopic (exact) mass is 536 g/mol. The molecule has 7 nitrogen and oxygen atoms in total. The van der Waals surface area contributed by atoms with Gasteiger partial charge in [-0.25, -0.2) is 4.79 Å². The predicted octanol–water partition coefficient (Wildman–Crippen LogP) is 6.45. The number of amides is 1.